The minimum Gasteiger partial charge on any atom is -0.378 e. The number of rotatable bonds is 3. The summed E-state index contributed by atoms with van der Waals surface area (Å²) < 4.78 is 18.2. The lowest BCUT2D eigenvalue weighted by molar-refractivity contribution is -0.146. The first-order valence-corrected chi connectivity index (χ1v) is 8.05. The minimum atomic E-state index is -0.360. The number of carbonyl (C=O) groups excluding carboxylic acids is 2. The van der Waals surface area contributed by atoms with Gasteiger partial charge in [0.25, 0.3) is 0 Å². The molecule has 1 atom stereocenters. The highest BCUT2D eigenvalue weighted by molar-refractivity contribution is 5.89. The standard InChI is InChI=1S/C17H21FN2O3/c18-14-5-3-13(4-6-14)12-16(21)20-7-1-2-15(20)17(22)19-8-10-23-11-9-19/h3-6,15H,1-2,7-12H2/t15-/m0/s1. The average molecular weight is 320 g/mol. The molecule has 2 aliphatic heterocycles. The van der Waals surface area contributed by atoms with Crippen molar-refractivity contribution in [2.75, 3.05) is 32.8 Å². The monoisotopic (exact) mass is 320 g/mol. The van der Waals surface area contributed by atoms with E-state index in [1.54, 1.807) is 21.9 Å². The topological polar surface area (TPSA) is 49.9 Å². The van der Waals surface area contributed by atoms with Crippen LogP contribution in [-0.4, -0.2) is 60.5 Å². The summed E-state index contributed by atoms with van der Waals surface area (Å²) in [6.07, 6.45) is 1.76. The van der Waals surface area contributed by atoms with Gasteiger partial charge >= 0.3 is 0 Å². The summed E-state index contributed by atoms with van der Waals surface area (Å²) in [5.74, 6) is -0.360. The molecule has 6 heteroatoms. The van der Waals surface area contributed by atoms with Crippen LogP contribution in [0.15, 0.2) is 24.3 Å². The normalized spacial score (nSPS) is 21.5. The number of likely N-dealkylation sites (tertiary alicyclic amines) is 1. The SMILES string of the molecule is O=C([C@@H]1CCCN1C(=O)Cc1ccc(F)cc1)N1CCOCC1. The molecule has 2 aliphatic rings. The van der Waals surface area contributed by atoms with E-state index in [1.165, 1.54) is 12.1 Å². The summed E-state index contributed by atoms with van der Waals surface area (Å²) in [7, 11) is 0. The van der Waals surface area contributed by atoms with E-state index in [9.17, 15) is 14.0 Å². The van der Waals surface area contributed by atoms with Crippen LogP contribution in [0.2, 0.25) is 0 Å². The molecular formula is C17H21FN2O3. The average Bonchev–Trinajstić information content (AvgIpc) is 3.07. The zero-order chi connectivity index (χ0) is 16.2. The fourth-order valence-corrected chi connectivity index (χ4v) is 3.19. The Morgan fingerprint density at radius 2 is 1.83 bits per heavy atom. The second kappa shape index (κ2) is 7.08. The Morgan fingerprint density at radius 3 is 2.52 bits per heavy atom. The maximum Gasteiger partial charge on any atom is 0.245 e. The van der Waals surface area contributed by atoms with Crippen LogP contribution in [0.5, 0.6) is 0 Å². The molecule has 0 N–H and O–H groups in total. The van der Waals surface area contributed by atoms with E-state index >= 15 is 0 Å². The molecule has 1 aromatic carbocycles. The van der Waals surface area contributed by atoms with Crippen LogP contribution in [0.4, 0.5) is 4.39 Å². The van der Waals surface area contributed by atoms with Crippen molar-refractivity contribution in [3.8, 4) is 0 Å². The molecule has 2 saturated heterocycles. The van der Waals surface area contributed by atoms with Gasteiger partial charge < -0.3 is 14.5 Å². The minimum absolute atomic E-state index is 0.0262. The van der Waals surface area contributed by atoms with E-state index < -0.39 is 0 Å². The van der Waals surface area contributed by atoms with E-state index in [2.05, 4.69) is 0 Å². The highest BCUT2D eigenvalue weighted by Gasteiger charge is 2.36. The Bertz CT molecular complexity index is 570. The molecule has 2 amide bonds. The molecule has 0 bridgehead atoms. The van der Waals surface area contributed by atoms with E-state index in [-0.39, 0.29) is 30.1 Å². The van der Waals surface area contributed by atoms with Gasteiger partial charge in [0, 0.05) is 19.6 Å². The van der Waals surface area contributed by atoms with Crippen LogP contribution in [0.25, 0.3) is 0 Å². The second-order valence-electron chi connectivity index (χ2n) is 5.99. The van der Waals surface area contributed by atoms with Crippen molar-refractivity contribution in [2.24, 2.45) is 0 Å². The van der Waals surface area contributed by atoms with Crippen LogP contribution in [0, 0.1) is 5.82 Å². The quantitative estimate of drug-likeness (QED) is 0.841. The summed E-state index contributed by atoms with van der Waals surface area (Å²) in [5.41, 5.74) is 0.765. The van der Waals surface area contributed by atoms with Gasteiger partial charge in [0.2, 0.25) is 11.8 Å². The number of benzene rings is 1. The zero-order valence-corrected chi connectivity index (χ0v) is 13.0. The number of morpholine rings is 1. The van der Waals surface area contributed by atoms with Gasteiger partial charge in [-0.15, -0.1) is 0 Å². The number of nitrogens with zero attached hydrogens (tertiary/aromatic N) is 2. The summed E-state index contributed by atoms with van der Waals surface area (Å²) in [4.78, 5) is 28.6. The lowest BCUT2D eigenvalue weighted by Gasteiger charge is -2.32. The molecule has 5 nitrogen and oxygen atoms in total. The third kappa shape index (κ3) is 3.69. The largest absolute Gasteiger partial charge is 0.378 e. The van der Waals surface area contributed by atoms with Gasteiger partial charge in [0.05, 0.1) is 19.6 Å². The number of hydrogen-bond donors (Lipinski definition) is 0. The number of carbonyl (C=O) groups is 2. The predicted octanol–water partition coefficient (Wildman–Crippen LogP) is 1.22. The van der Waals surface area contributed by atoms with Gasteiger partial charge in [-0.1, -0.05) is 12.1 Å². The number of halogens is 1. The molecular weight excluding hydrogens is 299 g/mol. The predicted molar refractivity (Wildman–Crippen MR) is 82.2 cm³/mol. The van der Waals surface area contributed by atoms with E-state index in [4.69, 9.17) is 4.74 Å². The summed E-state index contributed by atoms with van der Waals surface area (Å²) >= 11 is 0. The molecule has 0 aliphatic carbocycles. The van der Waals surface area contributed by atoms with Gasteiger partial charge in [0.1, 0.15) is 11.9 Å². The number of hydrogen-bond acceptors (Lipinski definition) is 3. The van der Waals surface area contributed by atoms with Crippen molar-refractivity contribution in [2.45, 2.75) is 25.3 Å². The first-order valence-electron chi connectivity index (χ1n) is 8.05. The van der Waals surface area contributed by atoms with Crippen molar-refractivity contribution >= 4 is 11.8 Å². The highest BCUT2D eigenvalue weighted by Crippen LogP contribution is 2.21. The van der Waals surface area contributed by atoms with Crippen molar-refractivity contribution in [1.82, 2.24) is 9.80 Å². The van der Waals surface area contributed by atoms with E-state index in [0.29, 0.717) is 39.3 Å². The van der Waals surface area contributed by atoms with Crippen LogP contribution in [0.3, 0.4) is 0 Å². The Labute approximate surface area is 135 Å². The van der Waals surface area contributed by atoms with Gasteiger partial charge in [-0.25, -0.2) is 4.39 Å². The smallest absolute Gasteiger partial charge is 0.245 e. The van der Waals surface area contributed by atoms with Crippen molar-refractivity contribution in [1.29, 1.82) is 0 Å². The second-order valence-corrected chi connectivity index (χ2v) is 5.99. The Morgan fingerprint density at radius 1 is 1.13 bits per heavy atom. The lowest BCUT2D eigenvalue weighted by atomic mass is 10.1. The molecule has 124 valence electrons. The Balaban J connectivity index is 1.64. The molecule has 23 heavy (non-hydrogen) atoms. The summed E-state index contributed by atoms with van der Waals surface area (Å²) in [6, 6.07) is 5.57. The van der Waals surface area contributed by atoms with Crippen LogP contribution in [-0.2, 0) is 20.7 Å². The summed E-state index contributed by atoms with van der Waals surface area (Å²) in [5, 5.41) is 0. The van der Waals surface area contributed by atoms with E-state index in [1.807, 2.05) is 0 Å². The van der Waals surface area contributed by atoms with Gasteiger partial charge in [-0.05, 0) is 30.5 Å². The van der Waals surface area contributed by atoms with Crippen molar-refractivity contribution in [3.05, 3.63) is 35.6 Å². The van der Waals surface area contributed by atoms with Crippen LogP contribution in [0.1, 0.15) is 18.4 Å². The van der Waals surface area contributed by atoms with Crippen LogP contribution >= 0.6 is 0 Å². The molecule has 0 spiro atoms. The summed E-state index contributed by atoms with van der Waals surface area (Å²) in [6.45, 7) is 2.91. The fourth-order valence-electron chi connectivity index (χ4n) is 3.19. The van der Waals surface area contributed by atoms with Gasteiger partial charge in [0.15, 0.2) is 0 Å². The third-order valence-electron chi connectivity index (χ3n) is 4.45. The van der Waals surface area contributed by atoms with Crippen molar-refractivity contribution < 1.29 is 18.7 Å². The molecule has 2 fully saturated rings. The maximum atomic E-state index is 12.9. The number of ether oxygens (including phenoxy) is 1. The maximum absolute atomic E-state index is 12.9. The first kappa shape index (κ1) is 15.9. The molecule has 0 saturated carbocycles. The van der Waals surface area contributed by atoms with Crippen LogP contribution < -0.4 is 0 Å². The molecule has 3 rings (SSSR count). The molecule has 0 radical (unpaired) electrons. The molecule has 2 heterocycles. The Kier molecular flexibility index (Phi) is 4.91. The Hall–Kier alpha value is -1.95. The van der Waals surface area contributed by atoms with E-state index in [0.717, 1.165) is 12.0 Å². The molecule has 0 aromatic heterocycles. The first-order chi connectivity index (χ1) is 11.1. The van der Waals surface area contributed by atoms with Crippen molar-refractivity contribution in [3.63, 3.8) is 0 Å². The highest BCUT2D eigenvalue weighted by atomic mass is 19.1. The number of amides is 2. The third-order valence-corrected chi connectivity index (χ3v) is 4.45. The van der Waals surface area contributed by atoms with Gasteiger partial charge in [-0.3, -0.25) is 9.59 Å². The van der Waals surface area contributed by atoms with Gasteiger partial charge in [-0.2, -0.15) is 0 Å². The lowest BCUT2D eigenvalue weighted by Crippen LogP contribution is -2.51. The zero-order valence-electron chi connectivity index (χ0n) is 13.0. The molecule has 1 aromatic rings. The molecule has 0 unspecified atom stereocenters. The fraction of sp³-hybridized carbons (Fsp3) is 0.529.